The van der Waals surface area contributed by atoms with Crippen LogP contribution in [0.2, 0.25) is 0 Å². The summed E-state index contributed by atoms with van der Waals surface area (Å²) in [6.45, 7) is -0.555. The molecule has 2 aromatic carbocycles. The van der Waals surface area contributed by atoms with Crippen molar-refractivity contribution in [3.8, 4) is 5.75 Å². The first kappa shape index (κ1) is 25.2. The molecular weight excluding hydrogens is 416 g/mol. The maximum atomic E-state index is 13.9. The van der Waals surface area contributed by atoms with Gasteiger partial charge in [0.2, 0.25) is 0 Å². The fourth-order valence-electron chi connectivity index (χ4n) is 1.97. The number of hydroxylamine groups is 1. The van der Waals surface area contributed by atoms with E-state index in [0.717, 1.165) is 12.1 Å². The van der Waals surface area contributed by atoms with Gasteiger partial charge in [0, 0.05) is 11.8 Å². The predicted molar refractivity (Wildman–Crippen MR) is 94.9 cm³/mol. The first-order chi connectivity index (χ1) is 13.4. The van der Waals surface area contributed by atoms with Gasteiger partial charge in [0.05, 0.1) is 18.8 Å². The Morgan fingerprint density at radius 1 is 1.17 bits per heavy atom. The molecule has 0 amide bonds. The number of benzene rings is 2. The third-order valence-electron chi connectivity index (χ3n) is 3.37. The number of nitrogens with two attached hydrogens (primary N) is 1. The molecule has 0 saturated carbocycles. The van der Waals surface area contributed by atoms with Gasteiger partial charge in [-0.1, -0.05) is 6.07 Å². The van der Waals surface area contributed by atoms with Gasteiger partial charge < -0.3 is 25.9 Å². The van der Waals surface area contributed by atoms with Crippen LogP contribution < -0.4 is 61.9 Å². The topological polar surface area (TPSA) is 95.9 Å². The monoisotopic (exact) mass is 432 g/mol. The molecule has 0 aliphatic carbocycles. The number of ether oxygens (including phenoxy) is 1. The maximum Gasteiger partial charge on any atom is 1.00 e. The second kappa shape index (κ2) is 12.7. The minimum Gasteiger partial charge on any atom is -0.562 e. The molecule has 2 aromatic rings. The number of carboxylic acid groups (broad SMARTS) is 1. The molecule has 0 bridgehead atoms. The van der Waals surface area contributed by atoms with Gasteiger partial charge in [-0.25, -0.2) is 18.0 Å². The van der Waals surface area contributed by atoms with Crippen molar-refractivity contribution < 1.29 is 84.0 Å². The molecule has 0 spiro atoms. The third-order valence-corrected chi connectivity index (χ3v) is 3.37. The summed E-state index contributed by atoms with van der Waals surface area (Å²) in [4.78, 5) is 15.8. The largest absolute Gasteiger partial charge is 1.00 e. The number of allylic oxidation sites excluding steroid dienone is 2. The fourth-order valence-corrected chi connectivity index (χ4v) is 1.97. The van der Waals surface area contributed by atoms with Gasteiger partial charge in [-0.3, -0.25) is 0 Å². The Morgan fingerprint density at radius 3 is 2.45 bits per heavy atom. The van der Waals surface area contributed by atoms with E-state index in [9.17, 15) is 18.0 Å². The van der Waals surface area contributed by atoms with Crippen molar-refractivity contribution in [3.05, 3.63) is 94.5 Å². The van der Waals surface area contributed by atoms with Crippen LogP contribution in [-0.4, -0.2) is 17.7 Å². The van der Waals surface area contributed by atoms with Crippen LogP contribution in [0.25, 0.3) is 5.48 Å². The summed E-state index contributed by atoms with van der Waals surface area (Å²) >= 11 is 0. The van der Waals surface area contributed by atoms with Gasteiger partial charge in [-0.2, -0.15) is 0 Å². The molecule has 0 aliphatic heterocycles. The molecule has 0 aliphatic rings. The van der Waals surface area contributed by atoms with Gasteiger partial charge in [-0.15, -0.1) is 5.70 Å². The first-order valence-electron chi connectivity index (χ1n) is 7.90. The zero-order chi connectivity index (χ0) is 20.5. The van der Waals surface area contributed by atoms with Gasteiger partial charge in [-0.05, 0) is 42.5 Å². The third kappa shape index (κ3) is 8.60. The van der Waals surface area contributed by atoms with Crippen molar-refractivity contribution in [2.75, 3.05) is 6.61 Å². The predicted octanol–water partition coefficient (Wildman–Crippen LogP) is 1.20. The first-order valence-corrected chi connectivity index (χ1v) is 7.90. The second-order valence-corrected chi connectivity index (χ2v) is 5.41. The number of rotatable bonds is 9. The van der Waals surface area contributed by atoms with Gasteiger partial charge in [0.1, 0.15) is 23.2 Å². The Bertz CT molecular complexity index is 890. The van der Waals surface area contributed by atoms with Crippen molar-refractivity contribution in [1.82, 2.24) is 0 Å². The Kier molecular flexibility index (Phi) is 11.0. The Morgan fingerprint density at radius 2 is 1.86 bits per heavy atom. The molecule has 6 nitrogen and oxygen atoms in total. The van der Waals surface area contributed by atoms with E-state index in [0.29, 0.717) is 11.9 Å². The van der Waals surface area contributed by atoms with Crippen LogP contribution in [0.3, 0.4) is 0 Å². The number of nitrogens with zero attached hydrogens (tertiary/aromatic N) is 1. The van der Waals surface area contributed by atoms with Crippen molar-refractivity contribution >= 4 is 5.97 Å². The molecule has 0 unspecified atom stereocenters. The summed E-state index contributed by atoms with van der Waals surface area (Å²) in [7, 11) is 0. The van der Waals surface area contributed by atoms with E-state index in [1.807, 2.05) is 0 Å². The molecule has 0 radical (unpaired) electrons. The summed E-state index contributed by atoms with van der Waals surface area (Å²) in [6.07, 6.45) is 1.66. The molecule has 0 atom stereocenters. The number of halogens is 3. The summed E-state index contributed by atoms with van der Waals surface area (Å²) in [6, 6.07) is 8.45. The molecule has 0 saturated heterocycles. The van der Waals surface area contributed by atoms with Crippen molar-refractivity contribution in [2.24, 2.45) is 5.73 Å². The second-order valence-electron chi connectivity index (χ2n) is 5.41. The zero-order valence-electron chi connectivity index (χ0n) is 15.4. The van der Waals surface area contributed by atoms with Crippen LogP contribution in [0.15, 0.2) is 66.3 Å². The molecule has 0 aromatic heterocycles. The van der Waals surface area contributed by atoms with Crippen molar-refractivity contribution in [3.63, 3.8) is 0 Å². The maximum absolute atomic E-state index is 13.9. The van der Waals surface area contributed by atoms with Crippen LogP contribution >= 0.6 is 0 Å². The quantitative estimate of drug-likeness (QED) is 0.353. The number of hydrogen-bond acceptors (Lipinski definition) is 4. The minimum atomic E-state index is -1.26. The Balaban J connectivity index is 0.00000420. The normalized spacial score (nSPS) is 11.6. The van der Waals surface area contributed by atoms with Crippen LogP contribution in [0, 0.1) is 11.6 Å². The summed E-state index contributed by atoms with van der Waals surface area (Å²) < 4.78 is 45.5. The van der Waals surface area contributed by atoms with E-state index < -0.39 is 23.4 Å². The molecule has 29 heavy (non-hydrogen) atoms. The molecule has 148 valence electrons. The van der Waals surface area contributed by atoms with E-state index >= 15 is 0 Å². The van der Waals surface area contributed by atoms with E-state index in [2.05, 4.69) is 5.48 Å². The summed E-state index contributed by atoms with van der Waals surface area (Å²) in [5.74, 6) is -2.97. The standard InChI is InChI=1S/C19H16F3N2O4.K/c20-14-3-5-17(6-4-14)27-11-16(8-15(21)9-23)24-28-10-13-2-1-12(19(25)26)7-18(13)22;/h1-9H,10-11,23H2,(H,25,26);/q-1;+1/b15-9+,16-8+;. The van der Waals surface area contributed by atoms with Crippen LogP contribution in [0.1, 0.15) is 15.9 Å². The van der Waals surface area contributed by atoms with E-state index in [4.69, 9.17) is 20.4 Å². The number of aromatic carboxylic acids is 1. The van der Waals surface area contributed by atoms with Crippen molar-refractivity contribution in [2.45, 2.75) is 6.61 Å². The summed E-state index contributed by atoms with van der Waals surface area (Å²) in [5.41, 5.74) is 8.60. The summed E-state index contributed by atoms with van der Waals surface area (Å²) in [5, 5.41) is 8.81. The molecule has 0 fully saturated rings. The molecule has 0 heterocycles. The average Bonchev–Trinajstić information content (AvgIpc) is 2.68. The zero-order valence-corrected chi connectivity index (χ0v) is 18.6. The van der Waals surface area contributed by atoms with Gasteiger partial charge in [0.15, 0.2) is 0 Å². The smallest absolute Gasteiger partial charge is 0.562 e. The fraction of sp³-hybridized carbons (Fsp3) is 0.105. The van der Waals surface area contributed by atoms with Crippen molar-refractivity contribution in [1.29, 1.82) is 0 Å². The average molecular weight is 432 g/mol. The van der Waals surface area contributed by atoms with E-state index in [1.165, 1.54) is 36.4 Å². The van der Waals surface area contributed by atoms with Crippen LogP contribution in [-0.2, 0) is 11.4 Å². The van der Waals surface area contributed by atoms with E-state index in [-0.39, 0.29) is 81.4 Å². The van der Waals surface area contributed by atoms with E-state index in [1.54, 1.807) is 0 Å². The Hall–Kier alpha value is -1.82. The van der Waals surface area contributed by atoms with Gasteiger partial charge >= 0.3 is 57.4 Å². The van der Waals surface area contributed by atoms with Gasteiger partial charge in [0.25, 0.3) is 0 Å². The molecule has 2 rings (SSSR count). The Labute approximate surface area is 207 Å². The molecule has 3 N–H and O–H groups in total. The number of carboxylic acids is 1. The number of hydrogen-bond donors (Lipinski definition) is 2. The number of carbonyl (C=O) groups is 1. The SMILES string of the molecule is N/C=C(F)\C=C(/COc1ccc(F)cc1)[N-]OCc1ccc(C(=O)O)cc1F.[K+]. The molecular formula is C19H16F3KN2O4. The minimum absolute atomic E-state index is 0. The van der Waals surface area contributed by atoms with Crippen LogP contribution in [0.4, 0.5) is 13.2 Å². The van der Waals surface area contributed by atoms with Crippen LogP contribution in [0.5, 0.6) is 5.75 Å². The molecule has 10 heteroatoms.